The predicted molar refractivity (Wildman–Crippen MR) is 89.5 cm³/mol. The summed E-state index contributed by atoms with van der Waals surface area (Å²) >= 11 is 1.47. The van der Waals surface area contributed by atoms with Gasteiger partial charge in [0.1, 0.15) is 0 Å². The number of aromatic nitrogens is 1. The van der Waals surface area contributed by atoms with Crippen molar-refractivity contribution in [2.45, 2.75) is 38.6 Å². The molecule has 6 heteroatoms. The fourth-order valence-corrected chi connectivity index (χ4v) is 3.69. The zero-order chi connectivity index (χ0) is 16.2. The smallest absolute Gasteiger partial charge is 0.338 e. The van der Waals surface area contributed by atoms with E-state index in [-0.39, 0.29) is 18.6 Å². The second-order valence-electron chi connectivity index (χ2n) is 6.05. The largest absolute Gasteiger partial charge is 0.452 e. The van der Waals surface area contributed by atoms with Gasteiger partial charge in [0.2, 0.25) is 0 Å². The quantitative estimate of drug-likeness (QED) is 0.873. The van der Waals surface area contributed by atoms with Gasteiger partial charge in [-0.2, -0.15) is 0 Å². The first kappa shape index (κ1) is 15.9. The zero-order valence-electron chi connectivity index (χ0n) is 13.1. The lowest BCUT2D eigenvalue weighted by Gasteiger charge is -2.29. The van der Waals surface area contributed by atoms with Gasteiger partial charge in [0.05, 0.1) is 21.3 Å². The van der Waals surface area contributed by atoms with E-state index in [4.69, 9.17) is 4.74 Å². The van der Waals surface area contributed by atoms with Crippen LogP contribution in [0.5, 0.6) is 0 Å². The molecule has 1 aliphatic carbocycles. The second-order valence-corrected chi connectivity index (χ2v) is 6.93. The lowest BCUT2D eigenvalue weighted by atomic mass is 9.86. The Morgan fingerprint density at radius 3 is 3.00 bits per heavy atom. The summed E-state index contributed by atoms with van der Waals surface area (Å²) in [4.78, 5) is 28.2. The van der Waals surface area contributed by atoms with Crippen LogP contribution in [0.15, 0.2) is 23.7 Å². The molecule has 3 rings (SSSR count). The number of nitrogens with one attached hydrogen (secondary N) is 1. The minimum atomic E-state index is -0.479. The summed E-state index contributed by atoms with van der Waals surface area (Å²) in [5.41, 5.74) is 3.04. The summed E-state index contributed by atoms with van der Waals surface area (Å²) in [6.45, 7) is 1.92. The van der Waals surface area contributed by atoms with Crippen LogP contribution >= 0.6 is 11.3 Å². The third-order valence-electron chi connectivity index (χ3n) is 4.36. The van der Waals surface area contributed by atoms with Gasteiger partial charge in [-0.25, -0.2) is 9.78 Å². The fraction of sp³-hybridized carbons (Fsp3) is 0.471. The average molecular weight is 332 g/mol. The molecular weight excluding hydrogens is 312 g/mol. The van der Waals surface area contributed by atoms with E-state index in [0.29, 0.717) is 11.5 Å². The molecule has 0 bridgehead atoms. The summed E-state index contributed by atoms with van der Waals surface area (Å²) in [6.07, 6.45) is 4.51. The van der Waals surface area contributed by atoms with Gasteiger partial charge in [-0.15, -0.1) is 11.3 Å². The summed E-state index contributed by atoms with van der Waals surface area (Å²) in [6, 6.07) is 5.40. The van der Waals surface area contributed by atoms with Gasteiger partial charge in [-0.05, 0) is 37.0 Å². The molecule has 1 aromatic carbocycles. The Hall–Kier alpha value is -1.95. The molecule has 122 valence electrons. The predicted octanol–water partition coefficient (Wildman–Crippen LogP) is 3.15. The summed E-state index contributed by atoms with van der Waals surface area (Å²) in [5, 5.41) is 2.98. The Morgan fingerprint density at radius 1 is 1.35 bits per heavy atom. The van der Waals surface area contributed by atoms with E-state index in [1.54, 1.807) is 23.7 Å². The molecule has 1 aromatic heterocycles. The van der Waals surface area contributed by atoms with Crippen molar-refractivity contribution in [1.82, 2.24) is 10.3 Å². The minimum Gasteiger partial charge on any atom is -0.452 e. The molecule has 2 atom stereocenters. The number of benzene rings is 1. The molecule has 1 N–H and O–H groups in total. The maximum absolute atomic E-state index is 12.1. The van der Waals surface area contributed by atoms with Crippen LogP contribution in [0.3, 0.4) is 0 Å². The van der Waals surface area contributed by atoms with E-state index in [1.807, 2.05) is 0 Å². The zero-order valence-corrected chi connectivity index (χ0v) is 13.9. The number of amides is 1. The number of nitrogens with zero attached hydrogens (tertiary/aromatic N) is 1. The molecule has 1 saturated carbocycles. The first-order valence-corrected chi connectivity index (χ1v) is 8.81. The highest BCUT2D eigenvalue weighted by Gasteiger charge is 2.23. The van der Waals surface area contributed by atoms with Crippen LogP contribution in [0.2, 0.25) is 0 Å². The van der Waals surface area contributed by atoms with Crippen molar-refractivity contribution in [3.63, 3.8) is 0 Å². The lowest BCUT2D eigenvalue weighted by molar-refractivity contribution is -0.125. The molecule has 1 amide bonds. The monoisotopic (exact) mass is 332 g/mol. The van der Waals surface area contributed by atoms with Crippen molar-refractivity contribution in [3.05, 3.63) is 29.3 Å². The van der Waals surface area contributed by atoms with Gasteiger partial charge >= 0.3 is 5.97 Å². The second kappa shape index (κ2) is 7.08. The van der Waals surface area contributed by atoms with Crippen LogP contribution in [0.4, 0.5) is 0 Å². The van der Waals surface area contributed by atoms with Crippen molar-refractivity contribution in [2.75, 3.05) is 6.61 Å². The van der Waals surface area contributed by atoms with E-state index < -0.39 is 5.97 Å². The fourth-order valence-electron chi connectivity index (χ4n) is 2.98. The van der Waals surface area contributed by atoms with E-state index in [9.17, 15) is 9.59 Å². The summed E-state index contributed by atoms with van der Waals surface area (Å²) < 4.78 is 6.06. The normalized spacial score (nSPS) is 21.1. The number of esters is 1. The number of hydrogen-bond donors (Lipinski definition) is 1. The SMILES string of the molecule is C[C@H]1CCCC[C@@H]1NC(=O)COC(=O)c1ccc2ncsc2c1. The molecular formula is C17H20N2O3S. The lowest BCUT2D eigenvalue weighted by Crippen LogP contribution is -2.42. The van der Waals surface area contributed by atoms with E-state index >= 15 is 0 Å². The average Bonchev–Trinajstić information content (AvgIpc) is 3.02. The van der Waals surface area contributed by atoms with Crippen LogP contribution in [0.1, 0.15) is 43.0 Å². The molecule has 0 spiro atoms. The number of carbonyl (C=O) groups excluding carboxylic acids is 2. The third-order valence-corrected chi connectivity index (χ3v) is 5.15. The number of hydrogen-bond acceptors (Lipinski definition) is 5. The van der Waals surface area contributed by atoms with E-state index in [0.717, 1.165) is 29.5 Å². The number of ether oxygens (including phenoxy) is 1. The molecule has 0 radical (unpaired) electrons. The number of fused-ring (bicyclic) bond motifs is 1. The van der Waals surface area contributed by atoms with Gasteiger partial charge in [0, 0.05) is 6.04 Å². The number of rotatable bonds is 4. The topological polar surface area (TPSA) is 68.3 Å². The highest BCUT2D eigenvalue weighted by atomic mass is 32.1. The maximum atomic E-state index is 12.1. The highest BCUT2D eigenvalue weighted by Crippen LogP contribution is 2.23. The maximum Gasteiger partial charge on any atom is 0.338 e. The Morgan fingerprint density at radius 2 is 2.17 bits per heavy atom. The van der Waals surface area contributed by atoms with Gasteiger partial charge in [-0.1, -0.05) is 19.8 Å². The van der Waals surface area contributed by atoms with Crippen molar-refractivity contribution < 1.29 is 14.3 Å². The van der Waals surface area contributed by atoms with E-state index in [2.05, 4.69) is 17.2 Å². The summed E-state index contributed by atoms with van der Waals surface area (Å²) in [7, 11) is 0. The Bertz CT molecular complexity index is 713. The van der Waals surface area contributed by atoms with Crippen molar-refractivity contribution in [1.29, 1.82) is 0 Å². The first-order valence-electron chi connectivity index (χ1n) is 7.93. The molecule has 2 aromatic rings. The standard InChI is InChI=1S/C17H20N2O3S/c1-11-4-2-3-5-13(11)19-16(20)9-22-17(21)12-6-7-14-15(8-12)23-10-18-14/h6-8,10-11,13H,2-5,9H2,1H3,(H,19,20)/t11-,13-/m0/s1. The number of carbonyl (C=O) groups is 2. The summed E-state index contributed by atoms with van der Waals surface area (Å²) in [5.74, 6) is -0.222. The Balaban J connectivity index is 1.52. The molecule has 0 aliphatic heterocycles. The van der Waals surface area contributed by atoms with Crippen LogP contribution in [-0.4, -0.2) is 29.5 Å². The molecule has 1 heterocycles. The molecule has 0 unspecified atom stereocenters. The number of thiazole rings is 1. The van der Waals surface area contributed by atoms with Crippen molar-refractivity contribution in [2.24, 2.45) is 5.92 Å². The Labute approximate surface area is 139 Å². The molecule has 5 nitrogen and oxygen atoms in total. The van der Waals surface area contributed by atoms with Crippen molar-refractivity contribution in [3.8, 4) is 0 Å². The molecule has 1 aliphatic rings. The first-order chi connectivity index (χ1) is 11.1. The van der Waals surface area contributed by atoms with Crippen molar-refractivity contribution >= 4 is 33.4 Å². The van der Waals surface area contributed by atoms with Gasteiger partial charge in [0.25, 0.3) is 5.91 Å². The van der Waals surface area contributed by atoms with Gasteiger partial charge < -0.3 is 10.1 Å². The molecule has 0 saturated heterocycles. The van der Waals surface area contributed by atoms with Crippen LogP contribution in [-0.2, 0) is 9.53 Å². The molecule has 1 fully saturated rings. The highest BCUT2D eigenvalue weighted by molar-refractivity contribution is 7.16. The van der Waals surface area contributed by atoms with Crippen LogP contribution in [0.25, 0.3) is 10.2 Å². The molecule has 23 heavy (non-hydrogen) atoms. The van der Waals surface area contributed by atoms with Gasteiger partial charge in [-0.3, -0.25) is 4.79 Å². The van der Waals surface area contributed by atoms with Crippen LogP contribution in [0, 0.1) is 5.92 Å². The minimum absolute atomic E-state index is 0.198. The van der Waals surface area contributed by atoms with Gasteiger partial charge in [0.15, 0.2) is 6.61 Å². The van der Waals surface area contributed by atoms with E-state index in [1.165, 1.54) is 17.8 Å². The third kappa shape index (κ3) is 3.88. The Kier molecular flexibility index (Phi) is 4.91. The van der Waals surface area contributed by atoms with Crippen LogP contribution < -0.4 is 5.32 Å².